The van der Waals surface area contributed by atoms with Crippen LogP contribution in [0, 0.1) is 0 Å². The highest BCUT2D eigenvalue weighted by Crippen LogP contribution is 2.29. The fourth-order valence-electron chi connectivity index (χ4n) is 4.44. The van der Waals surface area contributed by atoms with Crippen molar-refractivity contribution in [3.05, 3.63) is 96.3 Å². The number of amides is 1. The molecule has 6 heteroatoms. The number of fused-ring (bicyclic) bond motifs is 2. The number of carbonyl (C=O) groups is 1. The Morgan fingerprint density at radius 1 is 1.08 bits per heavy atom. The van der Waals surface area contributed by atoms with E-state index in [0.29, 0.717) is 24.3 Å². The average Bonchev–Trinajstić information content (AvgIpc) is 3.33. The standard InChI is InChI=1S/C30H29N3O3.H2/c1-2-13-36-29-12-11-20(22-14-21-7-3-5-9-27(21)31-17-22)16-26(29)30(35)33-24(19-34)15-23-18-32-28-10-6-4-8-25(23)28;/h3-12,14,16-18,24,32,34H,2,13,15,19H2,1H3,(H,33,35);1H/t24-;/m0./s1. The number of carbonyl (C=O) groups excluding carboxylic acids is 1. The van der Waals surface area contributed by atoms with E-state index in [-0.39, 0.29) is 13.9 Å². The summed E-state index contributed by atoms with van der Waals surface area (Å²) in [6, 6.07) is 23.2. The molecule has 2 aromatic heterocycles. The first-order valence-corrected chi connectivity index (χ1v) is 12.2. The number of rotatable bonds is 9. The van der Waals surface area contributed by atoms with E-state index in [4.69, 9.17) is 4.74 Å². The zero-order valence-corrected chi connectivity index (χ0v) is 20.2. The van der Waals surface area contributed by atoms with Crippen LogP contribution in [0.3, 0.4) is 0 Å². The van der Waals surface area contributed by atoms with Crippen molar-refractivity contribution in [3.63, 3.8) is 0 Å². The maximum absolute atomic E-state index is 13.5. The number of nitrogens with one attached hydrogen (secondary N) is 2. The van der Waals surface area contributed by atoms with Crippen LogP contribution in [0.25, 0.3) is 32.9 Å². The fraction of sp³-hybridized carbons (Fsp3) is 0.200. The lowest BCUT2D eigenvalue weighted by Gasteiger charge is -2.18. The van der Waals surface area contributed by atoms with Crippen LogP contribution in [0.2, 0.25) is 0 Å². The van der Waals surface area contributed by atoms with E-state index in [0.717, 1.165) is 44.9 Å². The highest BCUT2D eigenvalue weighted by atomic mass is 16.5. The molecular formula is C30H31N3O3. The predicted octanol–water partition coefficient (Wildman–Crippen LogP) is 5.75. The first-order valence-electron chi connectivity index (χ1n) is 12.2. The molecule has 0 bridgehead atoms. The van der Waals surface area contributed by atoms with Crippen molar-refractivity contribution in [2.75, 3.05) is 13.2 Å². The second-order valence-electron chi connectivity index (χ2n) is 8.89. The summed E-state index contributed by atoms with van der Waals surface area (Å²) in [6.07, 6.45) is 5.09. The summed E-state index contributed by atoms with van der Waals surface area (Å²) in [7, 11) is 0. The molecule has 5 rings (SSSR count). The van der Waals surface area contributed by atoms with E-state index in [1.165, 1.54) is 0 Å². The van der Waals surface area contributed by atoms with Crippen LogP contribution in [0.4, 0.5) is 0 Å². The predicted molar refractivity (Wildman–Crippen MR) is 145 cm³/mol. The van der Waals surface area contributed by atoms with Crippen molar-refractivity contribution in [3.8, 4) is 16.9 Å². The number of pyridine rings is 1. The zero-order valence-electron chi connectivity index (χ0n) is 20.2. The van der Waals surface area contributed by atoms with Crippen LogP contribution < -0.4 is 10.1 Å². The topological polar surface area (TPSA) is 87.2 Å². The summed E-state index contributed by atoms with van der Waals surface area (Å²) in [5.41, 5.74) is 5.23. The Bertz CT molecular complexity index is 1510. The van der Waals surface area contributed by atoms with Crippen LogP contribution in [0.5, 0.6) is 5.75 Å². The molecule has 0 aliphatic heterocycles. The molecule has 2 heterocycles. The molecule has 1 atom stereocenters. The Morgan fingerprint density at radius 2 is 1.92 bits per heavy atom. The Hall–Kier alpha value is -4.16. The average molecular weight is 482 g/mol. The van der Waals surface area contributed by atoms with E-state index < -0.39 is 6.04 Å². The summed E-state index contributed by atoms with van der Waals surface area (Å²) in [6.45, 7) is 2.36. The molecule has 0 radical (unpaired) electrons. The normalized spacial score (nSPS) is 12.1. The van der Waals surface area contributed by atoms with E-state index in [2.05, 4.69) is 21.4 Å². The molecule has 0 saturated carbocycles. The molecule has 0 aliphatic carbocycles. The third-order valence-electron chi connectivity index (χ3n) is 6.31. The Labute approximate surface area is 211 Å². The number of aromatic nitrogens is 2. The van der Waals surface area contributed by atoms with Gasteiger partial charge in [0.1, 0.15) is 5.75 Å². The van der Waals surface area contributed by atoms with Gasteiger partial charge in [-0.3, -0.25) is 9.78 Å². The van der Waals surface area contributed by atoms with E-state index >= 15 is 0 Å². The molecular weight excluding hydrogens is 450 g/mol. The van der Waals surface area contributed by atoms with Gasteiger partial charge < -0.3 is 20.1 Å². The molecule has 3 N–H and O–H groups in total. The van der Waals surface area contributed by atoms with Gasteiger partial charge in [-0.05, 0) is 54.3 Å². The second-order valence-corrected chi connectivity index (χ2v) is 8.89. The largest absolute Gasteiger partial charge is 0.493 e. The number of ether oxygens (including phenoxy) is 1. The number of aliphatic hydroxyl groups is 1. The van der Waals surface area contributed by atoms with Crippen LogP contribution >= 0.6 is 0 Å². The first-order chi connectivity index (χ1) is 17.7. The fourth-order valence-corrected chi connectivity index (χ4v) is 4.44. The van der Waals surface area contributed by atoms with Gasteiger partial charge in [0, 0.05) is 35.7 Å². The van der Waals surface area contributed by atoms with Crippen molar-refractivity contribution in [1.29, 1.82) is 0 Å². The molecule has 0 aliphatic rings. The number of aromatic amines is 1. The van der Waals surface area contributed by atoms with Crippen LogP contribution in [-0.4, -0.2) is 40.2 Å². The lowest BCUT2D eigenvalue weighted by Crippen LogP contribution is -2.39. The van der Waals surface area contributed by atoms with Gasteiger partial charge in [0.05, 0.1) is 30.3 Å². The highest BCUT2D eigenvalue weighted by Gasteiger charge is 2.20. The number of nitrogens with zero attached hydrogens (tertiary/aromatic N) is 1. The van der Waals surface area contributed by atoms with Crippen molar-refractivity contribution in [2.24, 2.45) is 0 Å². The minimum atomic E-state index is -0.443. The summed E-state index contributed by atoms with van der Waals surface area (Å²) in [4.78, 5) is 21.3. The number of H-pyrrole nitrogens is 1. The van der Waals surface area contributed by atoms with Gasteiger partial charge in [-0.2, -0.15) is 0 Å². The Morgan fingerprint density at radius 3 is 2.78 bits per heavy atom. The summed E-state index contributed by atoms with van der Waals surface area (Å²) < 4.78 is 5.90. The third-order valence-corrected chi connectivity index (χ3v) is 6.31. The second kappa shape index (κ2) is 10.6. The van der Waals surface area contributed by atoms with E-state index in [1.807, 2.05) is 86.0 Å². The van der Waals surface area contributed by atoms with Crippen LogP contribution in [0.15, 0.2) is 85.2 Å². The van der Waals surface area contributed by atoms with Gasteiger partial charge in [-0.25, -0.2) is 0 Å². The minimum Gasteiger partial charge on any atom is -0.493 e. The van der Waals surface area contributed by atoms with E-state index in [1.54, 1.807) is 0 Å². The Kier molecular flexibility index (Phi) is 6.96. The summed E-state index contributed by atoms with van der Waals surface area (Å²) in [5.74, 6) is 0.242. The number of aliphatic hydroxyl groups excluding tert-OH is 1. The Balaban J connectivity index is 0.00000320. The monoisotopic (exact) mass is 481 g/mol. The molecule has 184 valence electrons. The number of hydrogen-bond acceptors (Lipinski definition) is 4. The number of benzene rings is 3. The summed E-state index contributed by atoms with van der Waals surface area (Å²) in [5, 5.41) is 15.2. The molecule has 0 unspecified atom stereocenters. The maximum Gasteiger partial charge on any atom is 0.255 e. The smallest absolute Gasteiger partial charge is 0.255 e. The van der Waals surface area contributed by atoms with Crippen molar-refractivity contribution < 1.29 is 16.1 Å². The van der Waals surface area contributed by atoms with Gasteiger partial charge in [-0.1, -0.05) is 49.4 Å². The quantitative estimate of drug-likeness (QED) is 0.250. The van der Waals surface area contributed by atoms with Crippen molar-refractivity contribution in [2.45, 2.75) is 25.8 Å². The zero-order chi connectivity index (χ0) is 24.9. The molecule has 36 heavy (non-hydrogen) atoms. The molecule has 0 spiro atoms. The lowest BCUT2D eigenvalue weighted by molar-refractivity contribution is 0.0912. The summed E-state index contributed by atoms with van der Waals surface area (Å²) >= 11 is 0. The molecule has 1 amide bonds. The van der Waals surface area contributed by atoms with Gasteiger partial charge in [-0.15, -0.1) is 0 Å². The molecule has 0 fully saturated rings. The van der Waals surface area contributed by atoms with Crippen LogP contribution in [0.1, 0.15) is 30.7 Å². The highest BCUT2D eigenvalue weighted by molar-refractivity contribution is 5.99. The molecule has 0 saturated heterocycles. The van der Waals surface area contributed by atoms with Gasteiger partial charge >= 0.3 is 0 Å². The van der Waals surface area contributed by atoms with E-state index in [9.17, 15) is 9.90 Å². The maximum atomic E-state index is 13.5. The van der Waals surface area contributed by atoms with Gasteiger partial charge in [0.25, 0.3) is 5.91 Å². The van der Waals surface area contributed by atoms with Gasteiger partial charge in [0.15, 0.2) is 0 Å². The molecule has 5 aromatic rings. The van der Waals surface area contributed by atoms with Crippen LogP contribution in [-0.2, 0) is 6.42 Å². The first kappa shape index (κ1) is 23.6. The SMILES string of the molecule is CCCOc1ccc(-c2cnc3ccccc3c2)cc1C(=O)N[C@H](CO)Cc1c[nH]c2ccccc12.[HH]. The number of para-hydroxylation sites is 2. The van der Waals surface area contributed by atoms with Crippen molar-refractivity contribution >= 4 is 27.7 Å². The van der Waals surface area contributed by atoms with Crippen molar-refractivity contribution in [1.82, 2.24) is 15.3 Å². The minimum absolute atomic E-state index is 0. The number of hydrogen-bond donors (Lipinski definition) is 3. The lowest BCUT2D eigenvalue weighted by atomic mass is 10.0. The third kappa shape index (κ3) is 4.95. The van der Waals surface area contributed by atoms with Gasteiger partial charge in [0.2, 0.25) is 0 Å². The molecule has 6 nitrogen and oxygen atoms in total. The molecule has 3 aromatic carbocycles.